The van der Waals surface area contributed by atoms with E-state index in [0.29, 0.717) is 0 Å². The zero-order chi connectivity index (χ0) is 11.2. The molecule has 1 aromatic rings. The molecule has 4 rings (SSSR count). The molecule has 0 saturated heterocycles. The molecule has 1 heteroatoms. The van der Waals surface area contributed by atoms with Crippen molar-refractivity contribution in [3.05, 3.63) is 36.7 Å². The van der Waals surface area contributed by atoms with E-state index in [1.165, 1.54) is 32.1 Å². The molecule has 2 fully saturated rings. The maximum absolute atomic E-state index is 2.50. The van der Waals surface area contributed by atoms with Crippen molar-refractivity contribution in [1.82, 2.24) is 0 Å². The zero-order valence-corrected chi connectivity index (χ0v) is 10.3. The number of fused-ring (bicyclic) bond motifs is 5. The summed E-state index contributed by atoms with van der Waals surface area (Å²) in [5.41, 5.74) is 1.54. The molecule has 1 heterocycles. The highest BCUT2D eigenvalue weighted by Gasteiger charge is 2.49. The molecule has 1 nitrogen and oxygen atoms in total. The number of allylic oxidation sites excluding steroid dienone is 2. The summed E-state index contributed by atoms with van der Waals surface area (Å²) >= 11 is 0. The van der Waals surface area contributed by atoms with Gasteiger partial charge in [0.25, 0.3) is 0 Å². The van der Waals surface area contributed by atoms with Gasteiger partial charge in [0.15, 0.2) is 18.1 Å². The number of nitrogens with zero attached hydrogens (tertiary/aromatic N) is 1. The van der Waals surface area contributed by atoms with Crippen LogP contribution in [0.25, 0.3) is 5.70 Å². The second-order valence-corrected chi connectivity index (χ2v) is 6.08. The van der Waals surface area contributed by atoms with E-state index in [2.05, 4.69) is 41.2 Å². The lowest BCUT2D eigenvalue weighted by molar-refractivity contribution is -0.584. The predicted molar refractivity (Wildman–Crippen MR) is 68.0 cm³/mol. The minimum Gasteiger partial charge on any atom is -0.171 e. The summed E-state index contributed by atoms with van der Waals surface area (Å²) in [5.74, 6) is 4.16. The molecule has 0 spiro atoms. The molecule has 4 unspecified atom stereocenters. The van der Waals surface area contributed by atoms with Crippen LogP contribution in [-0.4, -0.2) is 0 Å². The Hall–Kier alpha value is -1.11. The third-order valence-corrected chi connectivity index (χ3v) is 5.39. The Bertz CT molecular complexity index is 448. The molecule has 1 aromatic heterocycles. The van der Waals surface area contributed by atoms with E-state index in [0.717, 1.165) is 23.7 Å². The van der Waals surface area contributed by atoms with Crippen LogP contribution in [0.15, 0.2) is 36.7 Å². The van der Waals surface area contributed by atoms with Crippen molar-refractivity contribution in [3.63, 3.8) is 0 Å². The Labute approximate surface area is 103 Å². The first-order chi connectivity index (χ1) is 8.42. The van der Waals surface area contributed by atoms with E-state index >= 15 is 0 Å². The Balaban J connectivity index is 1.63. The maximum Gasteiger partial charge on any atom is 0.183 e. The van der Waals surface area contributed by atoms with E-state index in [-0.39, 0.29) is 0 Å². The third kappa shape index (κ3) is 1.48. The summed E-state index contributed by atoms with van der Waals surface area (Å²) in [7, 11) is 0. The largest absolute Gasteiger partial charge is 0.183 e. The van der Waals surface area contributed by atoms with Crippen molar-refractivity contribution in [2.24, 2.45) is 23.7 Å². The molecule has 2 bridgehead atoms. The summed E-state index contributed by atoms with van der Waals surface area (Å²) in [6, 6.07) is 6.36. The highest BCUT2D eigenvalue weighted by atomic mass is 14.9. The van der Waals surface area contributed by atoms with Gasteiger partial charge in [0, 0.05) is 18.6 Å². The van der Waals surface area contributed by atoms with Crippen LogP contribution in [0.3, 0.4) is 0 Å². The Morgan fingerprint density at radius 3 is 2.53 bits per heavy atom. The van der Waals surface area contributed by atoms with Crippen LogP contribution >= 0.6 is 0 Å². The van der Waals surface area contributed by atoms with Gasteiger partial charge in [-0.15, -0.1) is 0 Å². The molecule has 17 heavy (non-hydrogen) atoms. The highest BCUT2D eigenvalue weighted by Crippen LogP contribution is 2.57. The van der Waals surface area contributed by atoms with Gasteiger partial charge < -0.3 is 0 Å². The van der Waals surface area contributed by atoms with Crippen molar-refractivity contribution in [1.29, 1.82) is 0 Å². The normalized spacial score (nSPS) is 38.9. The summed E-state index contributed by atoms with van der Waals surface area (Å²) < 4.78 is 2.32. The van der Waals surface area contributed by atoms with Crippen LogP contribution in [0.4, 0.5) is 0 Å². The molecule has 4 atom stereocenters. The summed E-state index contributed by atoms with van der Waals surface area (Å²) in [4.78, 5) is 0. The number of hydrogen-bond acceptors (Lipinski definition) is 0. The fourth-order valence-electron chi connectivity index (χ4n) is 4.61. The van der Waals surface area contributed by atoms with Gasteiger partial charge in [-0.05, 0) is 55.4 Å². The van der Waals surface area contributed by atoms with Crippen LogP contribution in [0.5, 0.6) is 0 Å². The fraction of sp³-hybridized carbons (Fsp3) is 0.562. The van der Waals surface area contributed by atoms with Gasteiger partial charge in [0.2, 0.25) is 0 Å². The predicted octanol–water partition coefficient (Wildman–Crippen LogP) is 3.27. The van der Waals surface area contributed by atoms with Gasteiger partial charge in [-0.3, -0.25) is 0 Å². The van der Waals surface area contributed by atoms with E-state index < -0.39 is 0 Å². The van der Waals surface area contributed by atoms with Crippen LogP contribution in [0.1, 0.15) is 32.1 Å². The highest BCUT2D eigenvalue weighted by molar-refractivity contribution is 5.36. The molecule has 3 aliphatic carbocycles. The first-order valence-corrected chi connectivity index (χ1v) is 7.07. The standard InChI is InChI=1S/C16H20N/c1-2-8-17(9-3-1)14-6-7-15-12-4-5-13(10-12)16(15)11-14/h1-3,6,8-9,12-13,15-16H,4-5,7,10-11H2/q+1. The molecule has 88 valence electrons. The number of rotatable bonds is 1. The monoisotopic (exact) mass is 226 g/mol. The summed E-state index contributed by atoms with van der Waals surface area (Å²) in [5, 5.41) is 0. The number of aromatic nitrogens is 1. The average molecular weight is 226 g/mol. The first kappa shape index (κ1) is 9.87. The Morgan fingerprint density at radius 2 is 1.71 bits per heavy atom. The van der Waals surface area contributed by atoms with Gasteiger partial charge in [0.1, 0.15) is 0 Å². The molecule has 0 aliphatic heterocycles. The molecule has 0 radical (unpaired) electrons. The zero-order valence-electron chi connectivity index (χ0n) is 10.3. The quantitative estimate of drug-likeness (QED) is 0.647. The lowest BCUT2D eigenvalue weighted by Gasteiger charge is -2.32. The summed E-state index contributed by atoms with van der Waals surface area (Å²) in [6.07, 6.45) is 14.1. The van der Waals surface area contributed by atoms with Crippen molar-refractivity contribution in [3.8, 4) is 0 Å². The minimum absolute atomic E-state index is 1.00. The van der Waals surface area contributed by atoms with Gasteiger partial charge in [-0.2, -0.15) is 4.57 Å². The summed E-state index contributed by atoms with van der Waals surface area (Å²) in [6.45, 7) is 0. The molecule has 0 N–H and O–H groups in total. The van der Waals surface area contributed by atoms with Crippen molar-refractivity contribution < 1.29 is 4.57 Å². The molecule has 0 amide bonds. The van der Waals surface area contributed by atoms with E-state index in [4.69, 9.17) is 0 Å². The molecule has 3 aliphatic rings. The van der Waals surface area contributed by atoms with Gasteiger partial charge >= 0.3 is 0 Å². The van der Waals surface area contributed by atoms with Crippen LogP contribution in [0.2, 0.25) is 0 Å². The maximum atomic E-state index is 2.50. The van der Waals surface area contributed by atoms with Crippen molar-refractivity contribution in [2.45, 2.75) is 32.1 Å². The molecular formula is C16H20N+. The van der Waals surface area contributed by atoms with E-state index in [1.807, 2.05) is 0 Å². The Kier molecular flexibility index (Phi) is 2.14. The SMILES string of the molecule is C1=C([n+]2ccccc2)CC2C3CCC(C3)C2C1. The van der Waals surface area contributed by atoms with Crippen LogP contribution in [-0.2, 0) is 0 Å². The van der Waals surface area contributed by atoms with Crippen molar-refractivity contribution >= 4 is 5.70 Å². The van der Waals surface area contributed by atoms with Crippen LogP contribution in [0, 0.1) is 23.7 Å². The smallest absolute Gasteiger partial charge is 0.171 e. The van der Waals surface area contributed by atoms with Gasteiger partial charge in [0.05, 0.1) is 0 Å². The van der Waals surface area contributed by atoms with E-state index in [1.54, 1.807) is 5.70 Å². The molecular weight excluding hydrogens is 206 g/mol. The lowest BCUT2D eigenvalue weighted by Crippen LogP contribution is -2.36. The first-order valence-electron chi connectivity index (χ1n) is 7.07. The number of hydrogen-bond donors (Lipinski definition) is 0. The number of pyridine rings is 1. The van der Waals surface area contributed by atoms with Gasteiger partial charge in [-0.1, -0.05) is 6.07 Å². The van der Waals surface area contributed by atoms with Crippen molar-refractivity contribution in [2.75, 3.05) is 0 Å². The third-order valence-electron chi connectivity index (χ3n) is 5.39. The second kappa shape index (κ2) is 3.69. The van der Waals surface area contributed by atoms with Gasteiger partial charge in [-0.25, -0.2) is 0 Å². The molecule has 2 saturated carbocycles. The lowest BCUT2D eigenvalue weighted by atomic mass is 9.72. The average Bonchev–Trinajstić information content (AvgIpc) is 3.01. The second-order valence-electron chi connectivity index (χ2n) is 6.08. The fourth-order valence-corrected chi connectivity index (χ4v) is 4.61. The minimum atomic E-state index is 1.00. The topological polar surface area (TPSA) is 3.88 Å². The molecule has 0 aromatic carbocycles. The van der Waals surface area contributed by atoms with E-state index in [9.17, 15) is 0 Å². The Morgan fingerprint density at radius 1 is 0.941 bits per heavy atom. The van der Waals surface area contributed by atoms with Crippen LogP contribution < -0.4 is 4.57 Å².